The molecule has 1 aromatic carbocycles. The van der Waals surface area contributed by atoms with Gasteiger partial charge in [-0.15, -0.1) is 0 Å². The topological polar surface area (TPSA) is 32.3 Å². The van der Waals surface area contributed by atoms with E-state index in [-0.39, 0.29) is 23.9 Å². The van der Waals surface area contributed by atoms with E-state index in [4.69, 9.17) is 0 Å². The van der Waals surface area contributed by atoms with Crippen molar-refractivity contribution < 1.29 is 9.18 Å². The summed E-state index contributed by atoms with van der Waals surface area (Å²) < 4.78 is 14.0. The van der Waals surface area contributed by atoms with Crippen LogP contribution in [-0.4, -0.2) is 23.4 Å². The number of amides is 1. The van der Waals surface area contributed by atoms with E-state index in [0.717, 1.165) is 18.9 Å². The maximum absolute atomic E-state index is 14.0. The van der Waals surface area contributed by atoms with E-state index in [1.165, 1.54) is 25.3 Å². The van der Waals surface area contributed by atoms with E-state index in [1.807, 2.05) is 13.0 Å². The van der Waals surface area contributed by atoms with Crippen LogP contribution in [0, 0.1) is 11.7 Å². The van der Waals surface area contributed by atoms with Crippen molar-refractivity contribution in [3.63, 3.8) is 0 Å². The Morgan fingerprint density at radius 2 is 2.10 bits per heavy atom. The Morgan fingerprint density at radius 3 is 2.75 bits per heavy atom. The minimum Gasteiger partial charge on any atom is -0.321 e. The average molecular weight is 276 g/mol. The molecule has 1 saturated heterocycles. The number of halogens is 1. The lowest BCUT2D eigenvalue weighted by Crippen LogP contribution is -2.33. The minimum atomic E-state index is -0.321. The number of rotatable bonds is 4. The summed E-state index contributed by atoms with van der Waals surface area (Å²) in [5.41, 5.74) is 0.568. The van der Waals surface area contributed by atoms with Crippen LogP contribution in [0.15, 0.2) is 24.3 Å². The number of nitrogens with one attached hydrogen (secondary N) is 1. The average Bonchev–Trinajstić information content (AvgIpc) is 2.65. The highest BCUT2D eigenvalue weighted by Crippen LogP contribution is 2.32. The molecule has 1 aromatic rings. The second kappa shape index (κ2) is 5.52. The molecule has 1 aliphatic heterocycles. The zero-order chi connectivity index (χ0) is 14.1. The smallest absolute Gasteiger partial charge is 0.241 e. The van der Waals surface area contributed by atoms with E-state index in [1.54, 1.807) is 17.0 Å². The second-order valence-electron chi connectivity index (χ2n) is 5.93. The fourth-order valence-electron chi connectivity index (χ4n) is 3.07. The lowest BCUT2D eigenvalue weighted by Gasteiger charge is -2.30. The summed E-state index contributed by atoms with van der Waals surface area (Å²) in [7, 11) is 0. The van der Waals surface area contributed by atoms with Gasteiger partial charge in [0.05, 0.1) is 6.04 Å². The zero-order valence-electron chi connectivity index (χ0n) is 11.8. The van der Waals surface area contributed by atoms with Gasteiger partial charge < -0.3 is 4.90 Å². The SMILES string of the molecule is CC1NC(c2ccccc2F)N(CCC2CCC2)C1=O. The van der Waals surface area contributed by atoms with Crippen molar-refractivity contribution in [1.29, 1.82) is 0 Å². The molecular formula is C16H21FN2O. The minimum absolute atomic E-state index is 0.0811. The molecule has 2 fully saturated rings. The van der Waals surface area contributed by atoms with E-state index < -0.39 is 0 Å². The molecule has 2 aliphatic rings. The Balaban J connectivity index is 1.76. The molecule has 0 bridgehead atoms. The van der Waals surface area contributed by atoms with Crippen LogP contribution in [0.3, 0.4) is 0 Å². The predicted molar refractivity (Wildman–Crippen MR) is 75.4 cm³/mol. The van der Waals surface area contributed by atoms with Gasteiger partial charge >= 0.3 is 0 Å². The lowest BCUT2D eigenvalue weighted by atomic mass is 9.83. The van der Waals surface area contributed by atoms with Crippen LogP contribution in [0.4, 0.5) is 4.39 Å². The Kier molecular flexibility index (Phi) is 3.74. The van der Waals surface area contributed by atoms with Gasteiger partial charge in [-0.05, 0) is 25.3 Å². The maximum Gasteiger partial charge on any atom is 0.241 e. The Labute approximate surface area is 119 Å². The zero-order valence-corrected chi connectivity index (χ0v) is 11.8. The first-order valence-electron chi connectivity index (χ1n) is 7.48. The first-order valence-corrected chi connectivity index (χ1v) is 7.48. The van der Waals surface area contributed by atoms with Crippen molar-refractivity contribution in [2.75, 3.05) is 6.54 Å². The van der Waals surface area contributed by atoms with Crippen LogP contribution >= 0.6 is 0 Å². The van der Waals surface area contributed by atoms with Gasteiger partial charge in [0.25, 0.3) is 0 Å². The van der Waals surface area contributed by atoms with Gasteiger partial charge in [0.1, 0.15) is 12.0 Å². The van der Waals surface area contributed by atoms with Gasteiger partial charge in [-0.1, -0.05) is 37.5 Å². The highest BCUT2D eigenvalue weighted by molar-refractivity contribution is 5.84. The van der Waals surface area contributed by atoms with Crippen LogP contribution in [0.1, 0.15) is 44.3 Å². The first kappa shape index (κ1) is 13.6. The monoisotopic (exact) mass is 276 g/mol. The number of carbonyl (C=O) groups excluding carboxylic acids is 1. The summed E-state index contributed by atoms with van der Waals surface area (Å²) in [5, 5.41) is 3.21. The second-order valence-corrected chi connectivity index (χ2v) is 5.93. The molecule has 1 heterocycles. The maximum atomic E-state index is 14.0. The molecule has 2 atom stereocenters. The third-order valence-electron chi connectivity index (χ3n) is 4.58. The molecular weight excluding hydrogens is 255 g/mol. The molecule has 0 aromatic heterocycles. The van der Waals surface area contributed by atoms with E-state index in [0.29, 0.717) is 5.56 Å². The van der Waals surface area contributed by atoms with Crippen LogP contribution in [0.2, 0.25) is 0 Å². The predicted octanol–water partition coefficient (Wildman–Crippen LogP) is 2.83. The molecule has 3 rings (SSSR count). The molecule has 1 amide bonds. The van der Waals surface area contributed by atoms with Crippen LogP contribution in [0.5, 0.6) is 0 Å². The lowest BCUT2D eigenvalue weighted by molar-refractivity contribution is -0.130. The number of benzene rings is 1. The molecule has 0 spiro atoms. The Hall–Kier alpha value is -1.42. The molecule has 3 nitrogen and oxygen atoms in total. The third-order valence-corrected chi connectivity index (χ3v) is 4.58. The highest BCUT2D eigenvalue weighted by atomic mass is 19.1. The van der Waals surface area contributed by atoms with Gasteiger partial charge in [0.2, 0.25) is 5.91 Å². The van der Waals surface area contributed by atoms with E-state index >= 15 is 0 Å². The summed E-state index contributed by atoms with van der Waals surface area (Å²) in [6, 6.07) is 6.47. The largest absolute Gasteiger partial charge is 0.321 e. The van der Waals surface area contributed by atoms with Crippen molar-refractivity contribution in [3.8, 4) is 0 Å². The quantitative estimate of drug-likeness (QED) is 0.917. The van der Waals surface area contributed by atoms with Crippen LogP contribution < -0.4 is 5.32 Å². The van der Waals surface area contributed by atoms with E-state index in [2.05, 4.69) is 5.32 Å². The summed E-state index contributed by atoms with van der Waals surface area (Å²) in [6.07, 6.45) is 4.57. The van der Waals surface area contributed by atoms with E-state index in [9.17, 15) is 9.18 Å². The summed E-state index contributed by atoms with van der Waals surface area (Å²) in [5.74, 6) is 0.582. The number of nitrogens with zero attached hydrogens (tertiary/aromatic N) is 1. The molecule has 4 heteroatoms. The van der Waals surface area contributed by atoms with Gasteiger partial charge in [0, 0.05) is 12.1 Å². The first-order chi connectivity index (χ1) is 9.66. The fourth-order valence-corrected chi connectivity index (χ4v) is 3.07. The number of hydrogen-bond donors (Lipinski definition) is 1. The van der Waals surface area contributed by atoms with Crippen LogP contribution in [-0.2, 0) is 4.79 Å². The van der Waals surface area contributed by atoms with Gasteiger partial charge in [-0.3, -0.25) is 10.1 Å². The van der Waals surface area contributed by atoms with Crippen LogP contribution in [0.25, 0.3) is 0 Å². The molecule has 0 radical (unpaired) electrons. The Bertz CT molecular complexity index is 501. The molecule has 1 saturated carbocycles. The summed E-state index contributed by atoms with van der Waals surface area (Å²) >= 11 is 0. The fraction of sp³-hybridized carbons (Fsp3) is 0.562. The van der Waals surface area contributed by atoms with Crippen molar-refractivity contribution in [1.82, 2.24) is 10.2 Å². The third kappa shape index (κ3) is 2.44. The van der Waals surface area contributed by atoms with Crippen molar-refractivity contribution in [2.45, 2.75) is 44.8 Å². The van der Waals surface area contributed by atoms with Gasteiger partial charge in [-0.2, -0.15) is 0 Å². The molecule has 20 heavy (non-hydrogen) atoms. The normalized spacial score (nSPS) is 26.9. The summed E-state index contributed by atoms with van der Waals surface area (Å²) in [4.78, 5) is 14.1. The molecule has 1 aliphatic carbocycles. The highest BCUT2D eigenvalue weighted by Gasteiger charge is 2.38. The number of hydrogen-bond acceptors (Lipinski definition) is 2. The molecule has 108 valence electrons. The van der Waals surface area contributed by atoms with Crippen molar-refractivity contribution in [2.24, 2.45) is 5.92 Å². The van der Waals surface area contributed by atoms with Crippen molar-refractivity contribution in [3.05, 3.63) is 35.6 Å². The number of carbonyl (C=O) groups is 1. The Morgan fingerprint density at radius 1 is 1.35 bits per heavy atom. The molecule has 1 N–H and O–H groups in total. The van der Waals surface area contributed by atoms with Gasteiger partial charge in [0.15, 0.2) is 0 Å². The standard InChI is InChI=1S/C16H21FN2O/c1-11-16(20)19(10-9-12-5-4-6-12)15(18-11)13-7-2-3-8-14(13)17/h2-3,7-8,11-12,15,18H,4-6,9-10H2,1H3. The van der Waals surface area contributed by atoms with Gasteiger partial charge in [-0.25, -0.2) is 4.39 Å². The summed E-state index contributed by atoms with van der Waals surface area (Å²) in [6.45, 7) is 2.57. The van der Waals surface area contributed by atoms with Crippen molar-refractivity contribution >= 4 is 5.91 Å². The molecule has 2 unspecified atom stereocenters.